The summed E-state index contributed by atoms with van der Waals surface area (Å²) in [5, 5.41) is 0. The van der Waals surface area contributed by atoms with Crippen molar-refractivity contribution < 1.29 is 57.2 Å². The Morgan fingerprint density at radius 1 is 0.312 bits per heavy atom. The molecule has 77 heavy (non-hydrogen) atoms. The molecule has 0 saturated carbocycles. The van der Waals surface area contributed by atoms with Crippen molar-refractivity contribution in [1.82, 2.24) is 0 Å². The maximum absolute atomic E-state index is 12.1. The molecule has 0 bridgehead atoms. The number of hydrogen-bond acceptors (Lipinski definition) is 12. The zero-order valence-electron chi connectivity index (χ0n) is 48.8. The maximum atomic E-state index is 12.1. The van der Waals surface area contributed by atoms with Crippen molar-refractivity contribution in [2.24, 2.45) is 0 Å². The van der Waals surface area contributed by atoms with Gasteiger partial charge in [-0.15, -0.1) is 52.6 Å². The van der Waals surface area contributed by atoms with Crippen LogP contribution in [0.25, 0.3) is 0 Å². The molecule has 0 fully saturated rings. The molecule has 1 unspecified atom stereocenters. The van der Waals surface area contributed by atoms with Gasteiger partial charge < -0.3 is 28.4 Å². The number of hydrogen-bond donors (Lipinski definition) is 0. The van der Waals surface area contributed by atoms with Crippen LogP contribution in [0.1, 0.15) is 176 Å². The van der Waals surface area contributed by atoms with Crippen LogP contribution in [-0.4, -0.2) is 74.5 Å². The standard InChI is InChI=1S/C26H40O6.C15H20O6.C10H18.C5H10.C5H8.C4H8/c1-4-7-10-13-14-17-19-25(28)31-22-23(32-26(29)20-16-12-9-6-3)21-30-24(27)18-15-11-8-5-2;1-4-7-13(16)19-10-12(21-15(18)9-6-3)11-20-14(17)8-5-2;1-3-5-7-9-10-8-6-4-2;2*1-3-5-4-2;1-3-4-2/h7,10-12,14-17,23H,4-6,8-9,13,18-22H2,1-3H3;4-6,12H,1-3,7-11H2;3,7,9H,1,4-6,8,10H2,2H3;3H,1,4-5H2,2H3;3-4H,1-2,5H2;3H,1,4H2,2H3. The van der Waals surface area contributed by atoms with Gasteiger partial charge in [-0.2, -0.15) is 0 Å². The molecule has 0 aliphatic heterocycles. The smallest absolute Gasteiger partial charge is 0.310 e. The summed E-state index contributed by atoms with van der Waals surface area (Å²) >= 11 is 0. The van der Waals surface area contributed by atoms with E-state index >= 15 is 0 Å². The molecule has 12 heteroatoms. The molecule has 0 aromatic rings. The van der Waals surface area contributed by atoms with Gasteiger partial charge in [0.05, 0.1) is 38.5 Å². The lowest BCUT2D eigenvalue weighted by Crippen LogP contribution is -2.30. The van der Waals surface area contributed by atoms with E-state index in [4.69, 9.17) is 28.4 Å². The van der Waals surface area contributed by atoms with Gasteiger partial charge in [-0.3, -0.25) is 28.8 Å². The molecule has 0 aromatic heterocycles. The van der Waals surface area contributed by atoms with E-state index in [1.165, 1.54) is 50.3 Å². The number of carbonyl (C=O) groups excluding carboxylic acids is 6. The molecule has 0 saturated heterocycles. The number of unbranched alkanes of at least 4 members (excludes halogenated alkanes) is 6. The van der Waals surface area contributed by atoms with Crippen molar-refractivity contribution in [3.8, 4) is 0 Å². The Balaban J connectivity index is -0.000000237. The highest BCUT2D eigenvalue weighted by Gasteiger charge is 2.20. The van der Waals surface area contributed by atoms with Crippen LogP contribution in [0.4, 0.5) is 0 Å². The number of carbonyl (C=O) groups is 6. The van der Waals surface area contributed by atoms with Crippen LogP contribution in [0.3, 0.4) is 0 Å². The Morgan fingerprint density at radius 3 is 1.00 bits per heavy atom. The minimum absolute atomic E-state index is 0.0116. The van der Waals surface area contributed by atoms with E-state index in [0.717, 1.165) is 64.2 Å². The molecule has 0 aliphatic rings. The van der Waals surface area contributed by atoms with Gasteiger partial charge in [-0.1, -0.05) is 183 Å². The van der Waals surface area contributed by atoms with Crippen LogP contribution < -0.4 is 0 Å². The number of rotatable bonds is 40. The molecule has 1 atom stereocenters. The second-order valence-electron chi connectivity index (χ2n) is 16.2. The van der Waals surface area contributed by atoms with Crippen LogP contribution in [-0.2, 0) is 57.2 Å². The predicted octanol–water partition coefficient (Wildman–Crippen LogP) is 16.5. The fourth-order valence-corrected chi connectivity index (χ4v) is 4.72. The summed E-state index contributed by atoms with van der Waals surface area (Å²) in [5.74, 6) is -2.87. The zero-order valence-corrected chi connectivity index (χ0v) is 48.8. The topological polar surface area (TPSA) is 158 Å². The molecule has 0 radical (unpaired) electrons. The average Bonchev–Trinajstić information content (AvgIpc) is 3.41. The molecule has 0 amide bonds. The second-order valence-corrected chi connectivity index (χ2v) is 16.2. The van der Waals surface area contributed by atoms with Crippen molar-refractivity contribution in [2.45, 2.75) is 189 Å². The highest BCUT2D eigenvalue weighted by Crippen LogP contribution is 2.06. The molecule has 0 spiro atoms. The van der Waals surface area contributed by atoms with Crippen LogP contribution in [0.5, 0.6) is 0 Å². The fraction of sp³-hybridized carbons (Fsp3) is 0.508. The van der Waals surface area contributed by atoms with Gasteiger partial charge >= 0.3 is 35.8 Å². The first kappa shape index (κ1) is 81.8. The number of esters is 6. The quantitative estimate of drug-likeness (QED) is 0.0248. The van der Waals surface area contributed by atoms with E-state index in [-0.39, 0.29) is 65.0 Å². The predicted molar refractivity (Wildman–Crippen MR) is 322 cm³/mol. The molecule has 0 heterocycles. The Bertz CT molecular complexity index is 1650. The Kier molecular flexibility index (Phi) is 78.3. The summed E-state index contributed by atoms with van der Waals surface area (Å²) in [6.45, 7) is 39.7. The molecule has 0 N–H and O–H groups in total. The molecule has 0 aromatic carbocycles. The van der Waals surface area contributed by atoms with E-state index in [1.54, 1.807) is 18.2 Å². The Labute approximate surface area is 468 Å². The SMILES string of the molecule is C=CCC.C=CCC(=O)OCC(COC(=O)CC=C)OC(=O)CC=C.C=CCC=C.C=CCC=CCCCCC.C=CCCC.CCC=CCC=CCC(=O)OCC(COC(=O)CC=CCCC)OC(=O)CC=CCCC. The Hall–Kier alpha value is -6.56. The molecule has 0 rings (SSSR count). The van der Waals surface area contributed by atoms with Gasteiger partial charge in [0.1, 0.15) is 26.4 Å². The van der Waals surface area contributed by atoms with Crippen molar-refractivity contribution in [2.75, 3.05) is 26.4 Å². The first-order valence-corrected chi connectivity index (χ1v) is 27.4. The molecule has 0 aliphatic carbocycles. The molecular weight excluding hydrogens is 973 g/mol. The highest BCUT2D eigenvalue weighted by atomic mass is 16.6. The largest absolute Gasteiger partial charge is 0.461 e. The first-order valence-electron chi connectivity index (χ1n) is 27.4. The van der Waals surface area contributed by atoms with Gasteiger partial charge in [-0.25, -0.2) is 0 Å². The molecule has 436 valence electrons. The third-order valence-electron chi connectivity index (χ3n) is 8.75. The van der Waals surface area contributed by atoms with Gasteiger partial charge in [0.2, 0.25) is 0 Å². The van der Waals surface area contributed by atoms with Gasteiger partial charge in [0, 0.05) is 0 Å². The summed E-state index contributed by atoms with van der Waals surface area (Å²) in [4.78, 5) is 69.7. The molecular formula is C65H104O12. The van der Waals surface area contributed by atoms with Crippen LogP contribution in [0.2, 0.25) is 0 Å². The van der Waals surface area contributed by atoms with Gasteiger partial charge in [-0.05, 0) is 64.2 Å². The lowest BCUT2D eigenvalue weighted by Gasteiger charge is -2.17. The van der Waals surface area contributed by atoms with E-state index in [0.29, 0.717) is 0 Å². The summed E-state index contributed by atoms with van der Waals surface area (Å²) in [6.07, 6.45) is 48.0. The van der Waals surface area contributed by atoms with Crippen molar-refractivity contribution in [3.63, 3.8) is 0 Å². The Morgan fingerprint density at radius 2 is 0.662 bits per heavy atom. The van der Waals surface area contributed by atoms with Gasteiger partial charge in [0.25, 0.3) is 0 Å². The minimum atomic E-state index is -0.861. The van der Waals surface area contributed by atoms with Crippen LogP contribution in [0, 0.1) is 0 Å². The highest BCUT2D eigenvalue weighted by molar-refractivity contribution is 5.74. The van der Waals surface area contributed by atoms with Crippen molar-refractivity contribution >= 4 is 35.8 Å². The summed E-state index contributed by atoms with van der Waals surface area (Å²) in [7, 11) is 0. The number of allylic oxidation sites excluding steroid dienone is 12. The van der Waals surface area contributed by atoms with E-state index in [1.807, 2.05) is 54.7 Å². The van der Waals surface area contributed by atoms with Crippen molar-refractivity contribution in [1.29, 1.82) is 0 Å². The van der Waals surface area contributed by atoms with Crippen molar-refractivity contribution in [3.05, 3.63) is 162 Å². The van der Waals surface area contributed by atoms with Gasteiger partial charge in [0.15, 0.2) is 12.2 Å². The molecule has 12 nitrogen and oxygen atoms in total. The second kappa shape index (κ2) is 73.7. The zero-order chi connectivity index (χ0) is 59.3. The lowest BCUT2D eigenvalue weighted by molar-refractivity contribution is -0.165. The third-order valence-corrected chi connectivity index (χ3v) is 8.75. The maximum Gasteiger partial charge on any atom is 0.310 e. The summed E-state index contributed by atoms with van der Waals surface area (Å²) in [6, 6.07) is 0. The third kappa shape index (κ3) is 81.0. The monoisotopic (exact) mass is 1080 g/mol. The average molecular weight is 1080 g/mol. The van der Waals surface area contributed by atoms with Crippen LogP contribution >= 0.6 is 0 Å². The fourth-order valence-electron chi connectivity index (χ4n) is 4.72. The van der Waals surface area contributed by atoms with E-state index in [9.17, 15) is 28.8 Å². The first-order chi connectivity index (χ1) is 37.2. The van der Waals surface area contributed by atoms with E-state index in [2.05, 4.69) is 112 Å². The minimum Gasteiger partial charge on any atom is -0.461 e. The van der Waals surface area contributed by atoms with E-state index < -0.39 is 48.0 Å². The normalized spacial score (nSPS) is 10.5. The number of ether oxygens (including phenoxy) is 6. The van der Waals surface area contributed by atoms with Crippen LogP contribution in [0.15, 0.2) is 162 Å². The summed E-state index contributed by atoms with van der Waals surface area (Å²) < 4.78 is 30.6. The summed E-state index contributed by atoms with van der Waals surface area (Å²) in [5.41, 5.74) is 0. The lowest BCUT2D eigenvalue weighted by atomic mass is 10.2.